The monoisotopic (exact) mass is 359 g/mol. The minimum absolute atomic E-state index is 0.184. The summed E-state index contributed by atoms with van der Waals surface area (Å²) in [6, 6.07) is 9.73. The minimum atomic E-state index is -3.72. The highest BCUT2D eigenvalue weighted by molar-refractivity contribution is 7.90. The van der Waals surface area contributed by atoms with Gasteiger partial charge in [-0.2, -0.15) is 0 Å². The Labute approximate surface area is 145 Å². The fraction of sp³-hybridized carbons (Fsp3) is 0.167. The molecule has 2 heterocycles. The number of carbonyl (C=O) groups excluding carboxylic acids is 1. The van der Waals surface area contributed by atoms with Gasteiger partial charge in [-0.25, -0.2) is 17.2 Å². The normalized spacial score (nSPS) is 11.5. The largest absolute Gasteiger partial charge is 0.465 e. The maximum Gasteiger partial charge on any atom is 0.341 e. The molecule has 1 aromatic carbocycles. The molecule has 3 aromatic rings. The minimum Gasteiger partial charge on any atom is -0.465 e. The van der Waals surface area contributed by atoms with E-state index in [1.54, 1.807) is 43.3 Å². The number of esters is 1. The van der Waals surface area contributed by atoms with Gasteiger partial charge in [0.05, 0.1) is 12.0 Å². The maximum atomic E-state index is 12.7. The Hall–Kier alpha value is -2.80. The molecule has 130 valence electrons. The summed E-state index contributed by atoms with van der Waals surface area (Å²) in [6.45, 7) is 3.59. The molecule has 0 aliphatic rings. The molecule has 0 atom stereocenters. The molecule has 6 nitrogen and oxygen atoms in total. The van der Waals surface area contributed by atoms with E-state index >= 15 is 0 Å². The van der Waals surface area contributed by atoms with Crippen LogP contribution in [0.2, 0.25) is 0 Å². The number of aryl methyl sites for hydroxylation is 2. The first kappa shape index (κ1) is 17.0. The zero-order valence-electron chi connectivity index (χ0n) is 14.0. The molecule has 3 rings (SSSR count). The molecule has 0 amide bonds. The van der Waals surface area contributed by atoms with Crippen molar-refractivity contribution < 1.29 is 22.4 Å². The van der Waals surface area contributed by atoms with Crippen LogP contribution in [0.5, 0.6) is 0 Å². The predicted molar refractivity (Wildman–Crippen MR) is 92.0 cm³/mol. The van der Waals surface area contributed by atoms with Crippen LogP contribution in [-0.4, -0.2) is 25.5 Å². The van der Waals surface area contributed by atoms with Crippen LogP contribution in [0.4, 0.5) is 0 Å². The van der Waals surface area contributed by atoms with Crippen LogP contribution in [-0.2, 0) is 14.8 Å². The molecule has 0 unspecified atom stereocenters. The van der Waals surface area contributed by atoms with Crippen LogP contribution in [0.15, 0.2) is 58.1 Å². The van der Waals surface area contributed by atoms with Gasteiger partial charge in [0.25, 0.3) is 10.0 Å². The smallest absolute Gasteiger partial charge is 0.341 e. The summed E-state index contributed by atoms with van der Waals surface area (Å²) in [5.74, 6) is 0.271. The lowest BCUT2D eigenvalue weighted by molar-refractivity contribution is 0.0601. The summed E-state index contributed by atoms with van der Waals surface area (Å²) >= 11 is 0. The molecule has 25 heavy (non-hydrogen) atoms. The Morgan fingerprint density at radius 1 is 1.12 bits per heavy atom. The number of nitrogens with zero attached hydrogens (tertiary/aromatic N) is 1. The average molecular weight is 359 g/mol. The predicted octanol–water partition coefficient (Wildman–Crippen LogP) is 3.39. The first-order valence-corrected chi connectivity index (χ1v) is 8.96. The zero-order valence-corrected chi connectivity index (χ0v) is 14.8. The topological polar surface area (TPSA) is 78.5 Å². The molecule has 7 heteroatoms. The lowest BCUT2D eigenvalue weighted by Crippen LogP contribution is -2.10. The van der Waals surface area contributed by atoms with E-state index in [-0.39, 0.29) is 16.2 Å². The molecule has 0 aliphatic heterocycles. The Kier molecular flexibility index (Phi) is 4.26. The number of methoxy groups -OCH3 is 1. The summed E-state index contributed by atoms with van der Waals surface area (Å²) in [6.07, 6.45) is 2.84. The van der Waals surface area contributed by atoms with Crippen molar-refractivity contribution >= 4 is 16.0 Å². The van der Waals surface area contributed by atoms with Crippen molar-refractivity contribution in [1.29, 1.82) is 0 Å². The number of carbonyl (C=O) groups is 1. The highest BCUT2D eigenvalue weighted by atomic mass is 32.2. The van der Waals surface area contributed by atoms with Crippen LogP contribution in [0, 0.1) is 13.8 Å². The van der Waals surface area contributed by atoms with E-state index in [9.17, 15) is 13.2 Å². The highest BCUT2D eigenvalue weighted by Crippen LogP contribution is 2.29. The molecule has 0 fully saturated rings. The number of hydrogen-bond acceptors (Lipinski definition) is 5. The molecular weight excluding hydrogens is 342 g/mol. The van der Waals surface area contributed by atoms with Gasteiger partial charge < -0.3 is 9.15 Å². The first-order valence-electron chi connectivity index (χ1n) is 7.52. The van der Waals surface area contributed by atoms with Crippen LogP contribution in [0.1, 0.15) is 21.7 Å². The number of benzene rings is 1. The van der Waals surface area contributed by atoms with Crippen LogP contribution < -0.4 is 0 Å². The molecule has 0 radical (unpaired) electrons. The summed E-state index contributed by atoms with van der Waals surface area (Å²) in [5.41, 5.74) is 1.70. The molecule has 0 aliphatic carbocycles. The van der Waals surface area contributed by atoms with E-state index < -0.39 is 16.0 Å². The van der Waals surface area contributed by atoms with E-state index in [1.807, 2.05) is 6.92 Å². The lowest BCUT2D eigenvalue weighted by Gasteiger charge is -2.05. The number of furan rings is 1. The Bertz CT molecular complexity index is 1030. The third-order valence-corrected chi connectivity index (χ3v) is 5.44. The fourth-order valence-corrected chi connectivity index (χ4v) is 3.68. The lowest BCUT2D eigenvalue weighted by atomic mass is 10.1. The summed E-state index contributed by atoms with van der Waals surface area (Å²) in [4.78, 5) is 12.1. The van der Waals surface area contributed by atoms with E-state index in [1.165, 1.54) is 19.5 Å². The van der Waals surface area contributed by atoms with Gasteiger partial charge in [0.15, 0.2) is 0 Å². The van der Waals surface area contributed by atoms with Crippen LogP contribution in [0.3, 0.4) is 0 Å². The van der Waals surface area contributed by atoms with Gasteiger partial charge in [-0.3, -0.25) is 0 Å². The van der Waals surface area contributed by atoms with E-state index in [4.69, 9.17) is 9.15 Å². The van der Waals surface area contributed by atoms with Gasteiger partial charge >= 0.3 is 5.97 Å². The highest BCUT2D eigenvalue weighted by Gasteiger charge is 2.22. The number of hydrogen-bond donors (Lipinski definition) is 0. The number of rotatable bonds is 4. The third kappa shape index (κ3) is 3.10. The molecule has 0 saturated heterocycles. The standard InChI is InChI=1S/C18H17NO5S/c1-12-4-6-15(7-5-12)25(21,22)19-9-8-14(11-19)17-16(18(20)23-3)10-13(2)24-17/h4-11H,1-3H3. The summed E-state index contributed by atoms with van der Waals surface area (Å²) in [5, 5.41) is 0. The number of aromatic nitrogens is 1. The van der Waals surface area contributed by atoms with Gasteiger partial charge in [-0.15, -0.1) is 0 Å². The molecule has 0 spiro atoms. The van der Waals surface area contributed by atoms with Crippen molar-refractivity contribution in [3.05, 3.63) is 65.7 Å². The van der Waals surface area contributed by atoms with Gasteiger partial charge in [0, 0.05) is 18.0 Å². The van der Waals surface area contributed by atoms with Gasteiger partial charge in [0.2, 0.25) is 0 Å². The molecular formula is C18H17NO5S. The van der Waals surface area contributed by atoms with Crippen molar-refractivity contribution in [2.45, 2.75) is 18.7 Å². The van der Waals surface area contributed by atoms with Crippen molar-refractivity contribution in [3.8, 4) is 11.3 Å². The Morgan fingerprint density at radius 3 is 2.44 bits per heavy atom. The second-order valence-electron chi connectivity index (χ2n) is 5.64. The summed E-state index contributed by atoms with van der Waals surface area (Å²) < 4.78 is 36.8. The van der Waals surface area contributed by atoms with Gasteiger partial charge in [-0.05, 0) is 38.1 Å². The van der Waals surface area contributed by atoms with Crippen molar-refractivity contribution in [2.75, 3.05) is 7.11 Å². The van der Waals surface area contributed by atoms with E-state index in [2.05, 4.69) is 0 Å². The summed E-state index contributed by atoms with van der Waals surface area (Å²) in [7, 11) is -2.44. The molecule has 0 N–H and O–H groups in total. The fourth-order valence-electron chi connectivity index (χ4n) is 2.48. The molecule has 0 bridgehead atoms. The SMILES string of the molecule is COC(=O)c1cc(C)oc1-c1ccn(S(=O)(=O)c2ccc(C)cc2)c1. The second kappa shape index (κ2) is 6.25. The Balaban J connectivity index is 2.04. The third-order valence-electron chi connectivity index (χ3n) is 3.79. The average Bonchev–Trinajstić information content (AvgIpc) is 3.21. The van der Waals surface area contributed by atoms with Crippen molar-refractivity contribution in [1.82, 2.24) is 3.97 Å². The van der Waals surface area contributed by atoms with Crippen LogP contribution in [0.25, 0.3) is 11.3 Å². The number of ether oxygens (including phenoxy) is 1. The van der Waals surface area contributed by atoms with Gasteiger partial charge in [-0.1, -0.05) is 17.7 Å². The van der Waals surface area contributed by atoms with Gasteiger partial charge in [0.1, 0.15) is 17.1 Å². The van der Waals surface area contributed by atoms with E-state index in [0.717, 1.165) is 9.54 Å². The van der Waals surface area contributed by atoms with Crippen molar-refractivity contribution in [3.63, 3.8) is 0 Å². The Morgan fingerprint density at radius 2 is 1.80 bits per heavy atom. The second-order valence-corrected chi connectivity index (χ2v) is 7.48. The van der Waals surface area contributed by atoms with Crippen molar-refractivity contribution in [2.24, 2.45) is 0 Å². The van der Waals surface area contributed by atoms with Crippen LogP contribution >= 0.6 is 0 Å². The first-order chi connectivity index (χ1) is 11.8. The van der Waals surface area contributed by atoms with E-state index in [0.29, 0.717) is 11.3 Å². The molecule has 0 saturated carbocycles. The molecule has 2 aromatic heterocycles. The maximum absolute atomic E-state index is 12.7. The zero-order chi connectivity index (χ0) is 18.2. The quantitative estimate of drug-likeness (QED) is 0.667.